The Balaban J connectivity index is 1.76. The fourth-order valence-electron chi connectivity index (χ4n) is 3.41. The average Bonchev–Trinajstić information content (AvgIpc) is 2.83. The number of carbonyl (C=O) groups excluding carboxylic acids is 3. The molecule has 3 aromatic rings. The normalized spacial score (nSPS) is 11.1. The molecule has 176 valence electrons. The summed E-state index contributed by atoms with van der Waals surface area (Å²) < 4.78 is 5.42. The van der Waals surface area contributed by atoms with Crippen LogP contribution < -0.4 is 25.6 Å². The summed E-state index contributed by atoms with van der Waals surface area (Å²) in [5, 5.41) is 8.08. The van der Waals surface area contributed by atoms with Crippen molar-refractivity contribution in [1.82, 2.24) is 5.32 Å². The number of carbonyl (C=O) groups is 3. The molecule has 1 atom stereocenters. The molecule has 3 rings (SSSR count). The fourth-order valence-corrected chi connectivity index (χ4v) is 3.41. The lowest BCUT2D eigenvalue weighted by Crippen LogP contribution is -2.50. The monoisotopic (exact) mass is 460 g/mol. The highest BCUT2D eigenvalue weighted by Gasteiger charge is 2.29. The molecular weight excluding hydrogens is 432 g/mol. The predicted octanol–water partition coefficient (Wildman–Crippen LogP) is 4.19. The Hall–Kier alpha value is -4.33. The van der Waals surface area contributed by atoms with E-state index in [1.807, 2.05) is 31.2 Å². The van der Waals surface area contributed by atoms with Crippen LogP contribution >= 0.6 is 0 Å². The number of nitrogens with zero attached hydrogens (tertiary/aromatic N) is 1. The van der Waals surface area contributed by atoms with Crippen molar-refractivity contribution in [3.05, 3.63) is 84.4 Å². The maximum Gasteiger partial charge on any atom is 0.319 e. The van der Waals surface area contributed by atoms with Crippen LogP contribution in [0.2, 0.25) is 0 Å². The highest BCUT2D eigenvalue weighted by atomic mass is 16.5. The lowest BCUT2D eigenvalue weighted by molar-refractivity contribution is -0.122. The fraction of sp³-hybridized carbons (Fsp3) is 0.192. The number of ether oxygens (including phenoxy) is 1. The molecule has 0 aliphatic carbocycles. The van der Waals surface area contributed by atoms with E-state index in [2.05, 4.69) is 16.0 Å². The number of benzene rings is 3. The molecule has 0 radical (unpaired) electrons. The van der Waals surface area contributed by atoms with Gasteiger partial charge in [0, 0.05) is 11.4 Å². The SMILES string of the molecule is COc1ccccc1N(C(=O)CNC(=O)Nc1cccc(C)c1)C(C)C(=O)Nc1ccccc1. The summed E-state index contributed by atoms with van der Waals surface area (Å²) in [4.78, 5) is 39.9. The highest BCUT2D eigenvalue weighted by Crippen LogP contribution is 2.29. The van der Waals surface area contributed by atoms with E-state index in [9.17, 15) is 14.4 Å². The summed E-state index contributed by atoms with van der Waals surface area (Å²) in [5.41, 5.74) is 2.64. The van der Waals surface area contributed by atoms with Crippen LogP contribution in [0.1, 0.15) is 12.5 Å². The zero-order chi connectivity index (χ0) is 24.5. The Bertz CT molecular complexity index is 1150. The molecule has 0 spiro atoms. The summed E-state index contributed by atoms with van der Waals surface area (Å²) in [5.74, 6) is -0.423. The summed E-state index contributed by atoms with van der Waals surface area (Å²) in [6.45, 7) is 3.22. The molecule has 0 heterocycles. The van der Waals surface area contributed by atoms with E-state index in [0.717, 1.165) is 5.56 Å². The molecule has 34 heavy (non-hydrogen) atoms. The molecule has 3 N–H and O–H groups in total. The zero-order valence-electron chi connectivity index (χ0n) is 19.4. The van der Waals surface area contributed by atoms with Crippen molar-refractivity contribution in [1.29, 1.82) is 0 Å². The number of rotatable bonds is 8. The lowest BCUT2D eigenvalue weighted by atomic mass is 10.1. The second-order valence-electron chi connectivity index (χ2n) is 7.64. The minimum absolute atomic E-state index is 0.321. The van der Waals surface area contributed by atoms with Crippen LogP contribution in [0.5, 0.6) is 5.75 Å². The number of hydrogen-bond donors (Lipinski definition) is 3. The number of para-hydroxylation sites is 3. The third kappa shape index (κ3) is 6.35. The van der Waals surface area contributed by atoms with Gasteiger partial charge >= 0.3 is 6.03 Å². The molecule has 1 unspecified atom stereocenters. The van der Waals surface area contributed by atoms with Crippen molar-refractivity contribution in [3.8, 4) is 5.75 Å². The Labute approximate surface area is 198 Å². The van der Waals surface area contributed by atoms with Crippen LogP contribution in [0.15, 0.2) is 78.9 Å². The van der Waals surface area contributed by atoms with Gasteiger partial charge in [-0.15, -0.1) is 0 Å². The van der Waals surface area contributed by atoms with Crippen LogP contribution in [0.25, 0.3) is 0 Å². The van der Waals surface area contributed by atoms with Crippen molar-refractivity contribution in [3.63, 3.8) is 0 Å². The molecule has 0 aliphatic heterocycles. The molecule has 0 fully saturated rings. The number of methoxy groups -OCH3 is 1. The van der Waals surface area contributed by atoms with Crippen LogP contribution in [-0.2, 0) is 9.59 Å². The molecule has 8 nitrogen and oxygen atoms in total. The zero-order valence-corrected chi connectivity index (χ0v) is 19.4. The van der Waals surface area contributed by atoms with Gasteiger partial charge < -0.3 is 20.7 Å². The van der Waals surface area contributed by atoms with Crippen molar-refractivity contribution in [2.45, 2.75) is 19.9 Å². The van der Waals surface area contributed by atoms with Crippen LogP contribution in [0.3, 0.4) is 0 Å². The number of anilines is 3. The molecule has 0 aliphatic rings. The van der Waals surface area contributed by atoms with Gasteiger partial charge in [-0.05, 0) is 55.8 Å². The highest BCUT2D eigenvalue weighted by molar-refractivity contribution is 6.07. The van der Waals surface area contributed by atoms with E-state index in [0.29, 0.717) is 22.8 Å². The van der Waals surface area contributed by atoms with E-state index in [-0.39, 0.29) is 12.5 Å². The lowest BCUT2D eigenvalue weighted by Gasteiger charge is -2.30. The van der Waals surface area contributed by atoms with Gasteiger partial charge in [-0.1, -0.05) is 42.5 Å². The molecule has 0 saturated heterocycles. The average molecular weight is 461 g/mol. The van der Waals surface area contributed by atoms with Gasteiger partial charge in [0.1, 0.15) is 11.8 Å². The summed E-state index contributed by atoms with van der Waals surface area (Å²) in [6.07, 6.45) is 0. The molecule has 0 aromatic heterocycles. The van der Waals surface area contributed by atoms with E-state index >= 15 is 0 Å². The minimum atomic E-state index is -0.884. The Kier molecular flexibility index (Phi) is 8.23. The molecule has 4 amide bonds. The summed E-state index contributed by atoms with van der Waals surface area (Å²) >= 11 is 0. The van der Waals surface area contributed by atoms with Crippen molar-refractivity contribution in [2.24, 2.45) is 0 Å². The van der Waals surface area contributed by atoms with E-state index in [1.165, 1.54) is 12.0 Å². The third-order valence-electron chi connectivity index (χ3n) is 5.10. The first-order valence-corrected chi connectivity index (χ1v) is 10.8. The van der Waals surface area contributed by atoms with Crippen LogP contribution in [0, 0.1) is 6.92 Å². The van der Waals surface area contributed by atoms with Gasteiger partial charge in [-0.3, -0.25) is 14.5 Å². The van der Waals surface area contributed by atoms with Crippen molar-refractivity contribution < 1.29 is 19.1 Å². The van der Waals surface area contributed by atoms with Crippen LogP contribution in [0.4, 0.5) is 21.9 Å². The topological polar surface area (TPSA) is 99.8 Å². The number of urea groups is 1. The first-order chi connectivity index (χ1) is 16.4. The molecule has 0 saturated carbocycles. The van der Waals surface area contributed by atoms with Gasteiger partial charge in [0.25, 0.3) is 0 Å². The molecular formula is C26H28N4O4. The van der Waals surface area contributed by atoms with Gasteiger partial charge in [0.05, 0.1) is 19.3 Å². The molecule has 3 aromatic carbocycles. The Morgan fingerprint density at radius 1 is 0.882 bits per heavy atom. The third-order valence-corrected chi connectivity index (χ3v) is 5.10. The molecule has 8 heteroatoms. The number of amides is 4. The van der Waals surface area contributed by atoms with E-state index < -0.39 is 18.0 Å². The van der Waals surface area contributed by atoms with Crippen molar-refractivity contribution in [2.75, 3.05) is 29.2 Å². The quantitative estimate of drug-likeness (QED) is 0.469. The van der Waals surface area contributed by atoms with Crippen molar-refractivity contribution >= 4 is 34.9 Å². The predicted molar refractivity (Wildman–Crippen MR) is 133 cm³/mol. The van der Waals surface area contributed by atoms with E-state index in [4.69, 9.17) is 4.74 Å². The van der Waals surface area contributed by atoms with E-state index in [1.54, 1.807) is 61.5 Å². The second-order valence-corrected chi connectivity index (χ2v) is 7.64. The Morgan fingerprint density at radius 2 is 1.56 bits per heavy atom. The first-order valence-electron chi connectivity index (χ1n) is 10.8. The van der Waals surface area contributed by atoms with Gasteiger partial charge in [0.15, 0.2) is 0 Å². The number of aryl methyl sites for hydroxylation is 1. The standard InChI is InChI=1S/C26H28N4O4/c1-18-10-9-13-21(16-18)29-26(33)27-17-24(31)30(22-14-7-8-15-23(22)34-3)19(2)25(32)28-20-11-5-4-6-12-20/h4-16,19H,17H2,1-3H3,(H,28,32)(H2,27,29,33). The summed E-state index contributed by atoms with van der Waals surface area (Å²) in [6, 6.07) is 21.8. The number of nitrogens with one attached hydrogen (secondary N) is 3. The smallest absolute Gasteiger partial charge is 0.319 e. The first kappa shape index (κ1) is 24.3. The maximum absolute atomic E-state index is 13.3. The minimum Gasteiger partial charge on any atom is -0.495 e. The van der Waals surface area contributed by atoms with Gasteiger partial charge in [0.2, 0.25) is 11.8 Å². The number of hydrogen-bond acceptors (Lipinski definition) is 4. The maximum atomic E-state index is 13.3. The van der Waals surface area contributed by atoms with Crippen LogP contribution in [-0.4, -0.2) is 37.5 Å². The second kappa shape index (κ2) is 11.5. The van der Waals surface area contributed by atoms with Gasteiger partial charge in [-0.2, -0.15) is 0 Å². The molecule has 0 bridgehead atoms. The summed E-state index contributed by atoms with van der Waals surface area (Å²) in [7, 11) is 1.49. The Morgan fingerprint density at radius 3 is 2.26 bits per heavy atom. The van der Waals surface area contributed by atoms with Gasteiger partial charge in [-0.25, -0.2) is 4.79 Å². The largest absolute Gasteiger partial charge is 0.495 e.